The molecular formula is C22H27N3O2S. The quantitative estimate of drug-likeness (QED) is 0.860. The van der Waals surface area contributed by atoms with Gasteiger partial charge in [0.2, 0.25) is 5.91 Å². The number of carbonyl (C=O) groups is 1. The van der Waals surface area contributed by atoms with E-state index >= 15 is 0 Å². The number of rotatable bonds is 3. The van der Waals surface area contributed by atoms with Gasteiger partial charge in [-0.1, -0.05) is 31.2 Å². The second-order valence-electron chi connectivity index (χ2n) is 7.48. The van der Waals surface area contributed by atoms with Crippen molar-refractivity contribution >= 4 is 29.0 Å². The highest BCUT2D eigenvalue weighted by Crippen LogP contribution is 2.37. The number of hydrogen-bond donors (Lipinski definition) is 1. The second kappa shape index (κ2) is 8.45. The topological polar surface area (TPSA) is 47.0 Å². The van der Waals surface area contributed by atoms with Crippen molar-refractivity contribution in [1.29, 1.82) is 0 Å². The van der Waals surface area contributed by atoms with E-state index in [0.29, 0.717) is 17.5 Å². The van der Waals surface area contributed by atoms with E-state index in [1.807, 2.05) is 47.0 Å². The van der Waals surface area contributed by atoms with Crippen LogP contribution in [-0.4, -0.2) is 60.4 Å². The minimum atomic E-state index is 0.179. The van der Waals surface area contributed by atoms with Crippen molar-refractivity contribution in [3.63, 3.8) is 0 Å². The Hall–Kier alpha value is -2.18. The van der Waals surface area contributed by atoms with E-state index in [2.05, 4.69) is 28.9 Å². The standard InChI is InChI=1S/C22H27N3O2S/c1-17-10-11-25(19-7-3-5-9-21(19)28-17)22(27)16-23-12-14-24(15-13-23)18-6-2-4-8-20(18)26/h2-9,17,26H,10-16H2,1H3/t17-/m0/s1. The summed E-state index contributed by atoms with van der Waals surface area (Å²) in [5, 5.41) is 10.6. The summed E-state index contributed by atoms with van der Waals surface area (Å²) in [6.45, 7) is 6.72. The lowest BCUT2D eigenvalue weighted by atomic mass is 10.2. The molecule has 28 heavy (non-hydrogen) atoms. The highest BCUT2D eigenvalue weighted by molar-refractivity contribution is 8.00. The number of carbonyl (C=O) groups excluding carboxylic acids is 1. The van der Waals surface area contributed by atoms with Crippen LogP contribution in [-0.2, 0) is 4.79 Å². The van der Waals surface area contributed by atoms with Crippen molar-refractivity contribution < 1.29 is 9.90 Å². The summed E-state index contributed by atoms with van der Waals surface area (Å²) in [4.78, 5) is 20.7. The van der Waals surface area contributed by atoms with Crippen molar-refractivity contribution in [2.75, 3.05) is 49.1 Å². The molecule has 1 N–H and O–H groups in total. The number of nitrogens with zero attached hydrogens (tertiary/aromatic N) is 3. The first kappa shape index (κ1) is 19.2. The van der Waals surface area contributed by atoms with E-state index in [1.54, 1.807) is 6.07 Å². The fraction of sp³-hybridized carbons (Fsp3) is 0.409. The zero-order chi connectivity index (χ0) is 19.5. The van der Waals surface area contributed by atoms with Crippen LogP contribution in [0.5, 0.6) is 5.75 Å². The smallest absolute Gasteiger partial charge is 0.241 e. The number of hydrogen-bond acceptors (Lipinski definition) is 5. The third-order valence-corrected chi connectivity index (χ3v) is 6.74. The summed E-state index contributed by atoms with van der Waals surface area (Å²) < 4.78 is 0. The van der Waals surface area contributed by atoms with Gasteiger partial charge in [-0.05, 0) is 30.7 Å². The maximum absolute atomic E-state index is 13.1. The molecule has 0 aliphatic carbocycles. The molecule has 0 radical (unpaired) electrons. The molecule has 5 nitrogen and oxygen atoms in total. The van der Waals surface area contributed by atoms with Gasteiger partial charge < -0.3 is 14.9 Å². The second-order valence-corrected chi connectivity index (χ2v) is 8.96. The van der Waals surface area contributed by atoms with Gasteiger partial charge in [-0.2, -0.15) is 0 Å². The van der Waals surface area contributed by atoms with Crippen LogP contribution in [0.15, 0.2) is 53.4 Å². The van der Waals surface area contributed by atoms with Gasteiger partial charge >= 0.3 is 0 Å². The molecule has 0 spiro atoms. The molecule has 2 aliphatic rings. The van der Waals surface area contributed by atoms with Gasteiger partial charge in [0.15, 0.2) is 0 Å². The third-order valence-electron chi connectivity index (χ3n) is 5.50. The Kier molecular flexibility index (Phi) is 5.78. The molecule has 1 fully saturated rings. The number of piperazine rings is 1. The van der Waals surface area contributed by atoms with Crippen molar-refractivity contribution in [3.8, 4) is 5.75 Å². The monoisotopic (exact) mass is 397 g/mol. The first-order chi connectivity index (χ1) is 13.6. The number of anilines is 2. The summed E-state index contributed by atoms with van der Waals surface area (Å²) in [6.07, 6.45) is 1.01. The molecule has 1 amide bonds. The third kappa shape index (κ3) is 4.13. The van der Waals surface area contributed by atoms with E-state index in [-0.39, 0.29) is 5.91 Å². The Bertz CT molecular complexity index is 836. The molecular weight excluding hydrogens is 370 g/mol. The Morgan fingerprint density at radius 3 is 2.43 bits per heavy atom. The lowest BCUT2D eigenvalue weighted by Crippen LogP contribution is -2.50. The van der Waals surface area contributed by atoms with Gasteiger partial charge in [-0.25, -0.2) is 0 Å². The van der Waals surface area contributed by atoms with Crippen molar-refractivity contribution in [2.45, 2.75) is 23.5 Å². The lowest BCUT2D eigenvalue weighted by Gasteiger charge is -2.36. The van der Waals surface area contributed by atoms with Crippen LogP contribution in [0.1, 0.15) is 13.3 Å². The Balaban J connectivity index is 1.39. The summed E-state index contributed by atoms with van der Waals surface area (Å²) in [5.41, 5.74) is 1.93. The predicted octanol–water partition coefficient (Wildman–Crippen LogP) is 3.43. The van der Waals surface area contributed by atoms with Gasteiger partial charge in [0.1, 0.15) is 5.75 Å². The molecule has 0 bridgehead atoms. The van der Waals surface area contributed by atoms with Crippen LogP contribution in [0.3, 0.4) is 0 Å². The number of para-hydroxylation sites is 3. The van der Waals surface area contributed by atoms with Crippen LogP contribution < -0.4 is 9.80 Å². The van der Waals surface area contributed by atoms with Gasteiger partial charge in [0.25, 0.3) is 0 Å². The SMILES string of the molecule is C[C@H]1CCN(C(=O)CN2CCN(c3ccccc3O)CC2)c2ccccc2S1. The fourth-order valence-electron chi connectivity index (χ4n) is 3.90. The molecule has 1 saturated heterocycles. The zero-order valence-corrected chi connectivity index (χ0v) is 17.1. The van der Waals surface area contributed by atoms with Crippen LogP contribution in [0, 0.1) is 0 Å². The first-order valence-corrected chi connectivity index (χ1v) is 10.8. The summed E-state index contributed by atoms with van der Waals surface area (Å²) in [7, 11) is 0. The Morgan fingerprint density at radius 1 is 1.00 bits per heavy atom. The van der Waals surface area contributed by atoms with E-state index in [9.17, 15) is 9.90 Å². The molecule has 0 aromatic heterocycles. The molecule has 2 aromatic carbocycles. The number of aromatic hydroxyl groups is 1. The highest BCUT2D eigenvalue weighted by Gasteiger charge is 2.27. The summed E-state index contributed by atoms with van der Waals surface area (Å²) in [6, 6.07) is 15.7. The molecule has 4 rings (SSSR count). The largest absolute Gasteiger partial charge is 0.506 e. The van der Waals surface area contributed by atoms with Crippen LogP contribution in [0.4, 0.5) is 11.4 Å². The normalized spacial score (nSPS) is 20.5. The maximum atomic E-state index is 13.1. The molecule has 2 heterocycles. The van der Waals surface area contributed by atoms with Crippen LogP contribution in [0.25, 0.3) is 0 Å². The number of phenolic OH excluding ortho intramolecular Hbond substituents is 1. The molecule has 2 aromatic rings. The van der Waals surface area contributed by atoms with E-state index in [1.165, 1.54) is 4.90 Å². The average molecular weight is 398 g/mol. The fourth-order valence-corrected chi connectivity index (χ4v) is 5.01. The Labute approximate surface area is 170 Å². The van der Waals surface area contributed by atoms with E-state index < -0.39 is 0 Å². The molecule has 2 aliphatic heterocycles. The predicted molar refractivity (Wildman–Crippen MR) is 115 cm³/mol. The van der Waals surface area contributed by atoms with Gasteiger partial charge in [0, 0.05) is 42.9 Å². The lowest BCUT2D eigenvalue weighted by molar-refractivity contribution is -0.119. The molecule has 148 valence electrons. The average Bonchev–Trinajstić information content (AvgIpc) is 2.87. The van der Waals surface area contributed by atoms with Gasteiger partial charge in [-0.3, -0.25) is 9.69 Å². The van der Waals surface area contributed by atoms with Gasteiger partial charge in [0.05, 0.1) is 17.9 Å². The molecule has 6 heteroatoms. The first-order valence-electron chi connectivity index (χ1n) is 9.93. The van der Waals surface area contributed by atoms with Gasteiger partial charge in [-0.15, -0.1) is 11.8 Å². The number of thioether (sulfide) groups is 1. The number of amides is 1. The van der Waals surface area contributed by atoms with Crippen molar-refractivity contribution in [3.05, 3.63) is 48.5 Å². The van der Waals surface area contributed by atoms with Crippen molar-refractivity contribution in [1.82, 2.24) is 4.90 Å². The minimum absolute atomic E-state index is 0.179. The number of fused-ring (bicyclic) bond motifs is 1. The number of phenols is 1. The molecule has 0 unspecified atom stereocenters. The highest BCUT2D eigenvalue weighted by atomic mass is 32.2. The van der Waals surface area contributed by atoms with Crippen molar-refractivity contribution in [2.24, 2.45) is 0 Å². The number of benzene rings is 2. The summed E-state index contributed by atoms with van der Waals surface area (Å²) in [5.74, 6) is 0.498. The van der Waals surface area contributed by atoms with Crippen LogP contribution in [0.2, 0.25) is 0 Å². The Morgan fingerprint density at radius 2 is 1.68 bits per heavy atom. The summed E-state index contributed by atoms with van der Waals surface area (Å²) >= 11 is 1.86. The van der Waals surface area contributed by atoms with E-state index in [0.717, 1.165) is 50.5 Å². The van der Waals surface area contributed by atoms with E-state index in [4.69, 9.17) is 0 Å². The molecule has 1 atom stereocenters. The minimum Gasteiger partial charge on any atom is -0.506 e. The molecule has 0 saturated carbocycles. The zero-order valence-electron chi connectivity index (χ0n) is 16.3. The van der Waals surface area contributed by atoms with Crippen LogP contribution >= 0.6 is 11.8 Å². The maximum Gasteiger partial charge on any atom is 0.241 e.